The number of hydrogen-bond acceptors (Lipinski definition) is 5. The lowest BCUT2D eigenvalue weighted by Gasteiger charge is -2.34. The number of amides is 1. The molecular weight excluding hydrogens is 428 g/mol. The van der Waals surface area contributed by atoms with Crippen LogP contribution in [-0.2, 0) is 11.2 Å². The number of nitrogens with two attached hydrogens (primary N) is 1. The second kappa shape index (κ2) is 10.1. The molecule has 0 atom stereocenters. The van der Waals surface area contributed by atoms with Crippen LogP contribution in [0.2, 0.25) is 0 Å². The molecule has 3 aromatic rings. The maximum atomic E-state index is 11.6. The van der Waals surface area contributed by atoms with Gasteiger partial charge in [-0.05, 0) is 55.0 Å². The Bertz CT molecular complexity index is 1140. The van der Waals surface area contributed by atoms with Crippen molar-refractivity contribution < 1.29 is 14.3 Å². The normalized spacial score (nSPS) is 17.9. The molecule has 0 saturated carbocycles. The highest BCUT2D eigenvalue weighted by molar-refractivity contribution is 5.97. The fraction of sp³-hybridized carbons (Fsp3) is 0.444. The first-order valence-electron chi connectivity index (χ1n) is 12.3. The Kier molecular flexibility index (Phi) is 6.74. The van der Waals surface area contributed by atoms with Crippen LogP contribution in [0, 0.1) is 0 Å². The summed E-state index contributed by atoms with van der Waals surface area (Å²) in [5, 5.41) is 1.15. The summed E-state index contributed by atoms with van der Waals surface area (Å²) < 4.78 is 13.6. The van der Waals surface area contributed by atoms with Gasteiger partial charge in [-0.3, -0.25) is 4.79 Å². The molecule has 3 heterocycles. The van der Waals surface area contributed by atoms with Crippen LogP contribution < -0.4 is 15.4 Å². The number of piperidine rings is 1. The Hall–Kier alpha value is -3.03. The van der Waals surface area contributed by atoms with Crippen molar-refractivity contribution in [2.75, 3.05) is 57.9 Å². The molecule has 2 aromatic carbocycles. The summed E-state index contributed by atoms with van der Waals surface area (Å²) in [7, 11) is 1.76. The molecule has 0 spiro atoms. The van der Waals surface area contributed by atoms with Gasteiger partial charge in [0.1, 0.15) is 5.75 Å². The third kappa shape index (κ3) is 4.63. The number of nitrogens with zero attached hydrogens (tertiary/aromatic N) is 3. The minimum absolute atomic E-state index is 0.378. The van der Waals surface area contributed by atoms with Crippen LogP contribution in [0.3, 0.4) is 0 Å². The number of ether oxygens (including phenoxy) is 2. The number of carbonyl (C=O) groups is 1. The number of hydrogen-bond donors (Lipinski definition) is 1. The third-order valence-electron chi connectivity index (χ3n) is 7.32. The standard InChI is InChI=1S/C27H34N4O3/c1-33-26-4-2-3-24(30-15-17-34-18-16-30)23(26)10-13-29-11-8-22(9-12-29)31-14-7-20-5-6-21(27(28)32)19-25(20)31/h2-7,14,19,22H,8-13,15-18H2,1H3,(H2,28,32). The van der Waals surface area contributed by atoms with E-state index in [-0.39, 0.29) is 5.91 Å². The number of methoxy groups -OCH3 is 1. The molecule has 0 radical (unpaired) electrons. The van der Waals surface area contributed by atoms with Crippen LogP contribution in [0.25, 0.3) is 10.9 Å². The van der Waals surface area contributed by atoms with Gasteiger partial charge in [-0.25, -0.2) is 0 Å². The van der Waals surface area contributed by atoms with E-state index in [2.05, 4.69) is 44.8 Å². The summed E-state index contributed by atoms with van der Waals surface area (Å²) in [6.07, 6.45) is 5.30. The van der Waals surface area contributed by atoms with Crippen molar-refractivity contribution in [2.24, 2.45) is 5.73 Å². The molecule has 2 fully saturated rings. The van der Waals surface area contributed by atoms with E-state index in [1.807, 2.05) is 12.1 Å². The summed E-state index contributed by atoms with van der Waals surface area (Å²) in [4.78, 5) is 16.6. The number of likely N-dealkylation sites (tertiary alicyclic amines) is 1. The highest BCUT2D eigenvalue weighted by Crippen LogP contribution is 2.32. The van der Waals surface area contributed by atoms with E-state index in [0.717, 1.165) is 81.9 Å². The summed E-state index contributed by atoms with van der Waals surface area (Å²) in [5.41, 5.74) is 9.75. The van der Waals surface area contributed by atoms with E-state index in [1.54, 1.807) is 13.2 Å². The Morgan fingerprint density at radius 1 is 1.09 bits per heavy atom. The van der Waals surface area contributed by atoms with Gasteiger partial charge in [0.05, 0.1) is 20.3 Å². The lowest BCUT2D eigenvalue weighted by molar-refractivity contribution is 0.100. The maximum Gasteiger partial charge on any atom is 0.248 e. The molecule has 5 rings (SSSR count). The molecule has 0 aliphatic carbocycles. The van der Waals surface area contributed by atoms with Crippen LogP contribution in [0.15, 0.2) is 48.7 Å². The summed E-state index contributed by atoms with van der Waals surface area (Å²) >= 11 is 0. The predicted molar refractivity (Wildman–Crippen MR) is 135 cm³/mol. The predicted octanol–water partition coefficient (Wildman–Crippen LogP) is 3.47. The van der Waals surface area contributed by atoms with E-state index in [9.17, 15) is 4.79 Å². The second-order valence-corrected chi connectivity index (χ2v) is 9.24. The fourth-order valence-corrected chi connectivity index (χ4v) is 5.41. The number of morpholine rings is 1. The molecule has 1 amide bonds. The first-order chi connectivity index (χ1) is 16.6. The van der Waals surface area contributed by atoms with E-state index < -0.39 is 0 Å². The zero-order valence-corrected chi connectivity index (χ0v) is 19.9. The summed E-state index contributed by atoms with van der Waals surface area (Å²) in [5.74, 6) is 0.597. The van der Waals surface area contributed by atoms with Gasteiger partial charge in [0.15, 0.2) is 0 Å². The van der Waals surface area contributed by atoms with Crippen molar-refractivity contribution in [3.63, 3.8) is 0 Å². The van der Waals surface area contributed by atoms with Gasteiger partial charge >= 0.3 is 0 Å². The Labute approximate surface area is 201 Å². The van der Waals surface area contributed by atoms with Crippen molar-refractivity contribution >= 4 is 22.5 Å². The van der Waals surface area contributed by atoms with Crippen LogP contribution in [-0.4, -0.2) is 68.4 Å². The minimum atomic E-state index is -0.378. The van der Waals surface area contributed by atoms with Gasteiger partial charge in [0, 0.05) is 67.3 Å². The van der Waals surface area contributed by atoms with Gasteiger partial charge in [-0.1, -0.05) is 12.1 Å². The van der Waals surface area contributed by atoms with Gasteiger partial charge in [0.2, 0.25) is 5.91 Å². The van der Waals surface area contributed by atoms with Crippen LogP contribution in [0.4, 0.5) is 5.69 Å². The highest BCUT2D eigenvalue weighted by Gasteiger charge is 2.23. The highest BCUT2D eigenvalue weighted by atomic mass is 16.5. The maximum absolute atomic E-state index is 11.6. The Balaban J connectivity index is 1.24. The van der Waals surface area contributed by atoms with Crippen LogP contribution in [0.5, 0.6) is 5.75 Å². The number of aromatic nitrogens is 1. The smallest absolute Gasteiger partial charge is 0.248 e. The molecule has 2 saturated heterocycles. The first kappa shape index (κ1) is 22.7. The van der Waals surface area contributed by atoms with Gasteiger partial charge in [0.25, 0.3) is 0 Å². The average Bonchev–Trinajstić information content (AvgIpc) is 3.31. The molecule has 0 unspecified atom stereocenters. The first-order valence-corrected chi connectivity index (χ1v) is 12.3. The second-order valence-electron chi connectivity index (χ2n) is 9.24. The summed E-state index contributed by atoms with van der Waals surface area (Å²) in [6, 6.07) is 14.7. The molecule has 2 aliphatic heterocycles. The van der Waals surface area contributed by atoms with E-state index in [4.69, 9.17) is 15.2 Å². The SMILES string of the molecule is COc1cccc(N2CCOCC2)c1CCN1CCC(n2ccc3ccc(C(N)=O)cc32)CC1. The molecule has 7 nitrogen and oxygen atoms in total. The molecule has 0 bridgehead atoms. The van der Waals surface area contributed by atoms with Crippen molar-refractivity contribution in [3.8, 4) is 5.75 Å². The van der Waals surface area contributed by atoms with E-state index in [0.29, 0.717) is 11.6 Å². The molecule has 1 aromatic heterocycles. The van der Waals surface area contributed by atoms with Crippen LogP contribution in [0.1, 0.15) is 34.8 Å². The lowest BCUT2D eigenvalue weighted by atomic mass is 10.0. The number of rotatable bonds is 7. The number of carbonyl (C=O) groups excluding carboxylic acids is 1. The summed E-state index contributed by atoms with van der Waals surface area (Å²) in [6.45, 7) is 6.53. The Morgan fingerprint density at radius 2 is 1.88 bits per heavy atom. The minimum Gasteiger partial charge on any atom is -0.496 e. The van der Waals surface area contributed by atoms with Gasteiger partial charge < -0.3 is 29.6 Å². The Morgan fingerprint density at radius 3 is 2.62 bits per heavy atom. The zero-order valence-electron chi connectivity index (χ0n) is 19.9. The third-order valence-corrected chi connectivity index (χ3v) is 7.32. The molecule has 2 aliphatic rings. The van der Waals surface area contributed by atoms with Crippen LogP contribution >= 0.6 is 0 Å². The number of fused-ring (bicyclic) bond motifs is 1. The van der Waals surface area contributed by atoms with Crippen molar-refractivity contribution in [1.29, 1.82) is 0 Å². The average molecular weight is 463 g/mol. The number of anilines is 1. The van der Waals surface area contributed by atoms with Crippen molar-refractivity contribution in [3.05, 3.63) is 59.8 Å². The van der Waals surface area contributed by atoms with E-state index >= 15 is 0 Å². The molecular formula is C27H34N4O3. The zero-order chi connectivity index (χ0) is 23.5. The van der Waals surface area contributed by atoms with E-state index in [1.165, 1.54) is 11.3 Å². The van der Waals surface area contributed by atoms with Gasteiger partial charge in [-0.2, -0.15) is 0 Å². The topological polar surface area (TPSA) is 73.0 Å². The van der Waals surface area contributed by atoms with Gasteiger partial charge in [-0.15, -0.1) is 0 Å². The molecule has 7 heteroatoms. The van der Waals surface area contributed by atoms with Crippen molar-refractivity contribution in [2.45, 2.75) is 25.3 Å². The molecule has 180 valence electrons. The largest absolute Gasteiger partial charge is 0.496 e. The fourth-order valence-electron chi connectivity index (χ4n) is 5.41. The molecule has 2 N–H and O–H groups in total. The molecule has 34 heavy (non-hydrogen) atoms. The quantitative estimate of drug-likeness (QED) is 0.582. The lowest BCUT2D eigenvalue weighted by Crippen LogP contribution is -2.38. The number of primary amides is 1. The van der Waals surface area contributed by atoms with Crippen molar-refractivity contribution in [1.82, 2.24) is 9.47 Å². The monoisotopic (exact) mass is 462 g/mol. The number of benzene rings is 2.